The summed E-state index contributed by atoms with van der Waals surface area (Å²) >= 11 is 0. The average Bonchev–Trinajstić information content (AvgIpc) is 2.95. The predicted octanol–water partition coefficient (Wildman–Crippen LogP) is 5.11. The Morgan fingerprint density at radius 2 is 1.83 bits per heavy atom. The molecule has 14 heteroatoms. The highest BCUT2D eigenvalue weighted by atomic mass is 32.2. The quantitative estimate of drug-likeness (QED) is 0.179. The molecule has 2 aromatic heterocycles. The maximum Gasteiger partial charge on any atom is 0.237 e. The number of ether oxygens (including phenoxy) is 1. The van der Waals surface area contributed by atoms with Crippen LogP contribution in [0, 0.1) is 24.4 Å². The van der Waals surface area contributed by atoms with Crippen molar-refractivity contribution in [1.29, 1.82) is 0 Å². The molecular weight excluding hydrogens is 576 g/mol. The molecule has 4 aromatic rings. The fourth-order valence-corrected chi connectivity index (χ4v) is 5.74. The number of halogens is 4. The maximum absolute atomic E-state index is 15.1. The van der Waals surface area contributed by atoms with E-state index < -0.39 is 50.8 Å². The third-order valence-corrected chi connectivity index (χ3v) is 7.74. The molecule has 3 N–H and O–H groups in total. The van der Waals surface area contributed by atoms with Crippen LogP contribution in [0.5, 0.6) is 11.6 Å². The number of alkyl halides is 1. The molecule has 42 heavy (non-hydrogen) atoms. The van der Waals surface area contributed by atoms with Crippen molar-refractivity contribution < 1.29 is 30.7 Å². The average molecular weight is 603 g/mol. The van der Waals surface area contributed by atoms with Crippen LogP contribution in [0.25, 0.3) is 11.3 Å². The monoisotopic (exact) mass is 602 g/mol. The van der Waals surface area contributed by atoms with Crippen molar-refractivity contribution in [3.05, 3.63) is 89.5 Å². The number of aromatic nitrogens is 3. The lowest BCUT2D eigenvalue weighted by molar-refractivity contribution is 0.254. The number of nitrogens with zero attached hydrogens (tertiary/aromatic N) is 3. The van der Waals surface area contributed by atoms with E-state index in [0.29, 0.717) is 23.7 Å². The van der Waals surface area contributed by atoms with Crippen LogP contribution in [0.2, 0.25) is 0 Å². The summed E-state index contributed by atoms with van der Waals surface area (Å²) in [6, 6.07) is 11.5. The zero-order chi connectivity index (χ0) is 29.9. The van der Waals surface area contributed by atoms with Crippen molar-refractivity contribution in [3.63, 3.8) is 0 Å². The van der Waals surface area contributed by atoms with Crippen molar-refractivity contribution in [2.75, 3.05) is 23.1 Å². The van der Waals surface area contributed by atoms with E-state index in [1.54, 1.807) is 48.0 Å². The number of piperidine rings is 1. The van der Waals surface area contributed by atoms with Gasteiger partial charge in [-0.25, -0.2) is 36.5 Å². The Bertz CT molecular complexity index is 1710. The molecular formula is C28H26F4N6O3S. The molecule has 0 spiro atoms. The number of anilines is 2. The second-order valence-electron chi connectivity index (χ2n) is 9.70. The van der Waals surface area contributed by atoms with Gasteiger partial charge < -0.3 is 15.4 Å². The number of pyridine rings is 1. The number of sulfonamides is 1. The Hall–Kier alpha value is -4.30. The lowest BCUT2D eigenvalue weighted by Gasteiger charge is -2.26. The van der Waals surface area contributed by atoms with Gasteiger partial charge in [-0.3, -0.25) is 4.72 Å². The molecule has 2 atom stereocenters. The normalized spacial score (nSPS) is 17.1. The summed E-state index contributed by atoms with van der Waals surface area (Å²) in [5, 5.41) is 6.03. The largest absolute Gasteiger partial charge is 0.435 e. The summed E-state index contributed by atoms with van der Waals surface area (Å²) in [4.78, 5) is 12.6. The van der Waals surface area contributed by atoms with E-state index in [4.69, 9.17) is 4.74 Å². The van der Waals surface area contributed by atoms with Crippen molar-refractivity contribution in [1.82, 2.24) is 20.3 Å². The zero-order valence-corrected chi connectivity index (χ0v) is 23.1. The molecule has 5 rings (SSSR count). The van der Waals surface area contributed by atoms with Gasteiger partial charge in [0.05, 0.1) is 17.0 Å². The van der Waals surface area contributed by atoms with Gasteiger partial charge in [0, 0.05) is 44.0 Å². The Balaban J connectivity index is 1.38. The van der Waals surface area contributed by atoms with Gasteiger partial charge in [0.25, 0.3) is 0 Å². The van der Waals surface area contributed by atoms with E-state index in [-0.39, 0.29) is 42.1 Å². The highest BCUT2D eigenvalue weighted by Gasteiger charge is 2.26. The first-order chi connectivity index (χ1) is 20.1. The molecule has 0 saturated carbocycles. The van der Waals surface area contributed by atoms with Crippen LogP contribution in [0.3, 0.4) is 0 Å². The first-order valence-corrected chi connectivity index (χ1v) is 14.5. The van der Waals surface area contributed by atoms with Gasteiger partial charge >= 0.3 is 0 Å². The fraction of sp³-hybridized carbons (Fsp3) is 0.250. The van der Waals surface area contributed by atoms with Gasteiger partial charge in [-0.05, 0) is 36.2 Å². The van der Waals surface area contributed by atoms with Gasteiger partial charge in [0.15, 0.2) is 17.4 Å². The first-order valence-electron chi connectivity index (χ1n) is 12.9. The third-order valence-electron chi connectivity index (χ3n) is 6.53. The molecule has 0 aliphatic carbocycles. The molecule has 0 amide bonds. The number of benzene rings is 2. The van der Waals surface area contributed by atoms with Crippen LogP contribution >= 0.6 is 0 Å². The van der Waals surface area contributed by atoms with Crippen molar-refractivity contribution in [2.24, 2.45) is 0 Å². The summed E-state index contributed by atoms with van der Waals surface area (Å²) in [7, 11) is -4.30. The van der Waals surface area contributed by atoms with Crippen LogP contribution < -0.4 is 20.1 Å². The van der Waals surface area contributed by atoms with Crippen molar-refractivity contribution in [2.45, 2.75) is 31.3 Å². The molecule has 1 unspecified atom stereocenters. The standard InChI is InChI=1S/C28H26F4N6O3S/c1-16-5-2-3-6-17(16)15-42(39,40)38-26-21(30)12-23(24(31)25(26)32)41-27-20(7-4-9-34-27)22-8-10-35-28(37-22)36-19-11-18(29)13-33-14-19/h2-10,12,18-19,33,38H,11,13-15H2,1H3,(H,35,36,37)/t18-,19?/m0/s1. The second kappa shape index (κ2) is 12.3. The molecule has 1 fully saturated rings. The van der Waals surface area contributed by atoms with E-state index in [9.17, 15) is 21.6 Å². The lowest BCUT2D eigenvalue weighted by atomic mass is 10.1. The van der Waals surface area contributed by atoms with Gasteiger partial charge in [0.2, 0.25) is 27.7 Å². The van der Waals surface area contributed by atoms with Crippen molar-refractivity contribution >= 4 is 21.7 Å². The van der Waals surface area contributed by atoms with E-state index in [1.165, 1.54) is 18.5 Å². The minimum Gasteiger partial charge on any atom is -0.435 e. The fourth-order valence-electron chi connectivity index (χ4n) is 4.44. The Labute approximate surface area is 239 Å². The highest BCUT2D eigenvalue weighted by molar-refractivity contribution is 7.91. The van der Waals surface area contributed by atoms with Gasteiger partial charge in [0.1, 0.15) is 11.9 Å². The molecule has 9 nitrogen and oxygen atoms in total. The number of hydrogen-bond acceptors (Lipinski definition) is 8. The lowest BCUT2D eigenvalue weighted by Crippen LogP contribution is -2.44. The minimum atomic E-state index is -4.30. The van der Waals surface area contributed by atoms with E-state index in [0.717, 1.165) is 0 Å². The van der Waals surface area contributed by atoms with Crippen LogP contribution in [0.4, 0.5) is 29.2 Å². The van der Waals surface area contributed by atoms with E-state index in [1.807, 2.05) is 0 Å². The molecule has 1 aliphatic heterocycles. The Morgan fingerprint density at radius 1 is 1.02 bits per heavy atom. The highest BCUT2D eigenvalue weighted by Crippen LogP contribution is 2.36. The smallest absolute Gasteiger partial charge is 0.237 e. The molecule has 1 saturated heterocycles. The molecule has 2 aromatic carbocycles. The van der Waals surface area contributed by atoms with E-state index in [2.05, 4.69) is 25.6 Å². The first kappa shape index (κ1) is 29.2. The van der Waals surface area contributed by atoms with Crippen LogP contribution in [-0.4, -0.2) is 48.7 Å². The summed E-state index contributed by atoms with van der Waals surface area (Å²) in [6.45, 7) is 2.48. The Kier molecular flexibility index (Phi) is 8.54. The van der Waals surface area contributed by atoms with Gasteiger partial charge in [-0.1, -0.05) is 24.3 Å². The van der Waals surface area contributed by atoms with Crippen LogP contribution in [0.1, 0.15) is 17.5 Å². The molecule has 0 radical (unpaired) electrons. The summed E-state index contributed by atoms with van der Waals surface area (Å²) in [5.41, 5.74) is 0.443. The SMILES string of the molecule is Cc1ccccc1CS(=O)(=O)Nc1c(F)cc(Oc2ncccc2-c2ccnc(NC3CNC[C@@H](F)C3)n2)c(F)c1F. The van der Waals surface area contributed by atoms with Gasteiger partial charge in [-0.15, -0.1) is 0 Å². The second-order valence-corrected chi connectivity index (χ2v) is 11.4. The number of hydrogen-bond donors (Lipinski definition) is 3. The number of aryl methyl sites for hydroxylation is 1. The molecule has 3 heterocycles. The van der Waals surface area contributed by atoms with Crippen molar-refractivity contribution in [3.8, 4) is 22.9 Å². The number of nitrogens with one attached hydrogen (secondary N) is 3. The summed E-state index contributed by atoms with van der Waals surface area (Å²) < 4.78 is 91.4. The summed E-state index contributed by atoms with van der Waals surface area (Å²) in [6.07, 6.45) is 2.04. The zero-order valence-electron chi connectivity index (χ0n) is 22.2. The van der Waals surface area contributed by atoms with Crippen LogP contribution in [-0.2, 0) is 15.8 Å². The minimum absolute atomic E-state index is 0.203. The molecule has 1 aliphatic rings. The molecule has 0 bridgehead atoms. The number of rotatable bonds is 9. The molecule has 220 valence electrons. The summed E-state index contributed by atoms with van der Waals surface area (Å²) in [5.74, 6) is -6.26. The van der Waals surface area contributed by atoms with Gasteiger partial charge in [-0.2, -0.15) is 4.39 Å². The van der Waals surface area contributed by atoms with Crippen LogP contribution in [0.15, 0.2) is 60.9 Å². The predicted molar refractivity (Wildman–Crippen MR) is 149 cm³/mol. The van der Waals surface area contributed by atoms with E-state index >= 15 is 4.39 Å². The third kappa shape index (κ3) is 6.77. The maximum atomic E-state index is 15.1. The Morgan fingerprint density at radius 3 is 2.62 bits per heavy atom. The topological polar surface area (TPSA) is 118 Å².